The van der Waals surface area contributed by atoms with Gasteiger partial charge in [-0.3, -0.25) is 0 Å². The monoisotopic (exact) mass is 275 g/mol. The van der Waals surface area contributed by atoms with Crippen LogP contribution >= 0.6 is 15.9 Å². The Morgan fingerprint density at radius 2 is 2.13 bits per heavy atom. The van der Waals surface area contributed by atoms with Crippen LogP contribution in [-0.4, -0.2) is 16.6 Å². The first-order chi connectivity index (χ1) is 6.79. The fourth-order valence-corrected chi connectivity index (χ4v) is 1.23. The van der Waals surface area contributed by atoms with Crippen molar-refractivity contribution in [2.45, 2.75) is 26.4 Å². The van der Waals surface area contributed by atoms with Crippen molar-refractivity contribution in [3.63, 3.8) is 0 Å². The number of rotatable bonds is 1. The topological polar surface area (TPSA) is 39.2 Å². The molecule has 1 aromatic heterocycles. The van der Waals surface area contributed by atoms with Crippen molar-refractivity contribution in [2.75, 3.05) is 0 Å². The van der Waals surface area contributed by atoms with Gasteiger partial charge in [0.2, 0.25) is 5.95 Å². The van der Waals surface area contributed by atoms with Gasteiger partial charge < -0.3 is 4.74 Å². The Bertz CT molecular complexity index is 387. The largest absolute Gasteiger partial charge is 0.456 e. The van der Waals surface area contributed by atoms with E-state index >= 15 is 0 Å². The van der Waals surface area contributed by atoms with Crippen molar-refractivity contribution in [1.29, 1.82) is 0 Å². The van der Waals surface area contributed by atoms with E-state index in [4.69, 9.17) is 4.74 Å². The number of carbonyl (C=O) groups is 1. The molecule has 3 nitrogen and oxygen atoms in total. The number of carbonyl (C=O) groups excluding carboxylic acids is 1. The Labute approximate surface area is 95.8 Å². The van der Waals surface area contributed by atoms with Gasteiger partial charge >= 0.3 is 5.97 Å². The number of halogens is 2. The zero-order chi connectivity index (χ0) is 11.6. The van der Waals surface area contributed by atoms with Crippen molar-refractivity contribution in [3.05, 3.63) is 28.2 Å². The average molecular weight is 276 g/mol. The van der Waals surface area contributed by atoms with Gasteiger partial charge in [0, 0.05) is 10.7 Å². The summed E-state index contributed by atoms with van der Waals surface area (Å²) >= 11 is 3.11. The number of nitrogens with zero attached hydrogens (tertiary/aromatic N) is 1. The van der Waals surface area contributed by atoms with Crippen LogP contribution in [0.25, 0.3) is 0 Å². The predicted octanol–water partition coefficient (Wildman–Crippen LogP) is 2.94. The molecule has 0 spiro atoms. The molecular weight excluding hydrogens is 265 g/mol. The lowest BCUT2D eigenvalue weighted by atomic mass is 10.2. The van der Waals surface area contributed by atoms with Crippen LogP contribution in [0.2, 0.25) is 0 Å². The number of aromatic nitrogens is 1. The molecule has 0 bridgehead atoms. The summed E-state index contributed by atoms with van der Waals surface area (Å²) in [5.41, 5.74) is -0.814. The highest BCUT2D eigenvalue weighted by Crippen LogP contribution is 2.17. The second kappa shape index (κ2) is 4.26. The molecular formula is C10H11BrFNO2. The van der Waals surface area contributed by atoms with Crippen LogP contribution in [0.5, 0.6) is 0 Å². The number of hydrogen-bond donors (Lipinski definition) is 0. The van der Waals surface area contributed by atoms with E-state index in [1.165, 1.54) is 12.3 Å². The van der Waals surface area contributed by atoms with Crippen LogP contribution in [0, 0.1) is 5.95 Å². The van der Waals surface area contributed by atoms with Crippen LogP contribution in [0.1, 0.15) is 31.1 Å². The zero-order valence-corrected chi connectivity index (χ0v) is 10.3. The van der Waals surface area contributed by atoms with E-state index in [2.05, 4.69) is 20.9 Å². The first-order valence-electron chi connectivity index (χ1n) is 4.34. The molecule has 15 heavy (non-hydrogen) atoms. The maximum absolute atomic E-state index is 13.2. The predicted molar refractivity (Wildman–Crippen MR) is 57.1 cm³/mol. The van der Waals surface area contributed by atoms with E-state index in [1.54, 1.807) is 20.8 Å². The normalized spacial score (nSPS) is 11.3. The molecule has 0 amide bonds. The number of pyridine rings is 1. The van der Waals surface area contributed by atoms with Crippen molar-refractivity contribution >= 4 is 21.9 Å². The fraction of sp³-hybridized carbons (Fsp3) is 0.400. The Kier molecular flexibility index (Phi) is 3.44. The molecule has 82 valence electrons. The Hall–Kier alpha value is -0.970. The SMILES string of the molecule is CC(C)(C)OC(=O)c1cc(Br)cnc1F. The summed E-state index contributed by atoms with van der Waals surface area (Å²) in [7, 11) is 0. The fourth-order valence-electron chi connectivity index (χ4n) is 0.899. The van der Waals surface area contributed by atoms with E-state index in [0.717, 1.165) is 0 Å². The van der Waals surface area contributed by atoms with Crippen molar-refractivity contribution in [2.24, 2.45) is 0 Å². The van der Waals surface area contributed by atoms with Gasteiger partial charge in [0.05, 0.1) is 0 Å². The summed E-state index contributed by atoms with van der Waals surface area (Å²) in [4.78, 5) is 14.9. The molecule has 1 heterocycles. The van der Waals surface area contributed by atoms with Crippen molar-refractivity contribution in [1.82, 2.24) is 4.98 Å². The Morgan fingerprint density at radius 1 is 1.53 bits per heavy atom. The van der Waals surface area contributed by atoms with Gasteiger partial charge in [-0.25, -0.2) is 9.78 Å². The summed E-state index contributed by atoms with van der Waals surface area (Å²) in [5.74, 6) is -1.54. The lowest BCUT2D eigenvalue weighted by Crippen LogP contribution is -2.24. The van der Waals surface area contributed by atoms with Crippen LogP contribution in [0.15, 0.2) is 16.7 Å². The van der Waals surface area contributed by atoms with E-state index < -0.39 is 17.5 Å². The summed E-state index contributed by atoms with van der Waals surface area (Å²) in [6, 6.07) is 1.34. The van der Waals surface area contributed by atoms with Gasteiger partial charge in [-0.15, -0.1) is 0 Å². The molecule has 0 aromatic carbocycles. The average Bonchev–Trinajstić information content (AvgIpc) is 2.06. The Balaban J connectivity index is 2.96. The third-order valence-corrected chi connectivity index (χ3v) is 1.86. The summed E-state index contributed by atoms with van der Waals surface area (Å²) in [6.45, 7) is 5.15. The van der Waals surface area contributed by atoms with Gasteiger partial charge in [-0.2, -0.15) is 4.39 Å². The molecule has 0 fully saturated rings. The molecule has 1 aromatic rings. The van der Waals surface area contributed by atoms with E-state index in [9.17, 15) is 9.18 Å². The highest BCUT2D eigenvalue weighted by molar-refractivity contribution is 9.10. The van der Waals surface area contributed by atoms with Gasteiger partial charge in [0.25, 0.3) is 0 Å². The summed E-state index contributed by atoms with van der Waals surface area (Å²) in [6.07, 6.45) is 1.28. The molecule has 0 aliphatic heterocycles. The highest BCUT2D eigenvalue weighted by Gasteiger charge is 2.21. The summed E-state index contributed by atoms with van der Waals surface area (Å²) < 4.78 is 18.7. The molecule has 0 radical (unpaired) electrons. The molecule has 0 saturated heterocycles. The lowest BCUT2D eigenvalue weighted by molar-refractivity contribution is 0.00636. The minimum Gasteiger partial charge on any atom is -0.456 e. The third-order valence-electron chi connectivity index (χ3n) is 1.42. The van der Waals surface area contributed by atoms with Crippen LogP contribution in [0.3, 0.4) is 0 Å². The summed E-state index contributed by atoms with van der Waals surface area (Å²) in [5, 5.41) is 0. The molecule has 5 heteroatoms. The second-order valence-corrected chi connectivity index (χ2v) is 4.91. The van der Waals surface area contributed by atoms with Crippen molar-refractivity contribution in [3.8, 4) is 0 Å². The van der Waals surface area contributed by atoms with E-state index in [-0.39, 0.29) is 5.56 Å². The maximum atomic E-state index is 13.2. The third kappa shape index (κ3) is 3.58. The molecule has 1 rings (SSSR count). The zero-order valence-electron chi connectivity index (χ0n) is 8.67. The molecule has 0 aliphatic rings. The quantitative estimate of drug-likeness (QED) is 0.584. The van der Waals surface area contributed by atoms with Gasteiger partial charge in [0.15, 0.2) is 0 Å². The van der Waals surface area contributed by atoms with Gasteiger partial charge in [-0.05, 0) is 42.8 Å². The molecule has 0 saturated carbocycles. The van der Waals surface area contributed by atoms with Crippen molar-refractivity contribution < 1.29 is 13.9 Å². The molecule has 0 atom stereocenters. The standard InChI is InChI=1S/C10H11BrFNO2/c1-10(2,3)15-9(14)7-4-6(11)5-13-8(7)12/h4-5H,1-3H3. The highest BCUT2D eigenvalue weighted by atomic mass is 79.9. The molecule has 0 N–H and O–H groups in total. The number of ether oxygens (including phenoxy) is 1. The lowest BCUT2D eigenvalue weighted by Gasteiger charge is -2.19. The first kappa shape index (κ1) is 12.1. The molecule has 0 unspecified atom stereocenters. The van der Waals surface area contributed by atoms with E-state index in [0.29, 0.717) is 4.47 Å². The van der Waals surface area contributed by atoms with Gasteiger partial charge in [0.1, 0.15) is 11.2 Å². The number of hydrogen-bond acceptors (Lipinski definition) is 3. The Morgan fingerprint density at radius 3 is 2.67 bits per heavy atom. The minimum atomic E-state index is -0.826. The van der Waals surface area contributed by atoms with E-state index in [1.807, 2.05) is 0 Å². The van der Waals surface area contributed by atoms with Crippen LogP contribution in [0.4, 0.5) is 4.39 Å². The number of esters is 1. The maximum Gasteiger partial charge on any atom is 0.343 e. The molecule has 0 aliphatic carbocycles. The first-order valence-corrected chi connectivity index (χ1v) is 5.13. The smallest absolute Gasteiger partial charge is 0.343 e. The van der Waals surface area contributed by atoms with Crippen LogP contribution < -0.4 is 0 Å². The minimum absolute atomic E-state index is 0.167. The van der Waals surface area contributed by atoms with Crippen LogP contribution in [-0.2, 0) is 4.74 Å². The van der Waals surface area contributed by atoms with Gasteiger partial charge in [-0.1, -0.05) is 0 Å². The second-order valence-electron chi connectivity index (χ2n) is 3.99.